The van der Waals surface area contributed by atoms with Gasteiger partial charge in [-0.2, -0.15) is 0 Å². The van der Waals surface area contributed by atoms with E-state index >= 15 is 0 Å². The first-order valence-corrected chi connectivity index (χ1v) is 10.7. The van der Waals surface area contributed by atoms with E-state index in [4.69, 9.17) is 36.8 Å². The number of furan rings is 2. The zero-order chi connectivity index (χ0) is 21.3. The van der Waals surface area contributed by atoms with Crippen molar-refractivity contribution in [2.24, 2.45) is 5.92 Å². The number of ether oxygens (including phenoxy) is 1. The molecule has 0 radical (unpaired) electrons. The Bertz CT molecular complexity index is 1000. The van der Waals surface area contributed by atoms with Crippen LogP contribution in [0, 0.1) is 5.92 Å². The number of carbonyl (C=O) groups is 1. The molecule has 2 aromatic heterocycles. The molecule has 2 heterocycles. The Morgan fingerprint density at radius 1 is 1.17 bits per heavy atom. The fraction of sp³-hybridized carbons (Fsp3) is 0.348. The Morgan fingerprint density at radius 3 is 2.47 bits per heavy atom. The molecule has 5 nitrogen and oxygen atoms in total. The normalized spacial score (nSPS) is 17.7. The summed E-state index contributed by atoms with van der Waals surface area (Å²) in [6.45, 7) is 5.08. The summed E-state index contributed by atoms with van der Waals surface area (Å²) in [5, 5.41) is 0.599. The number of benzene rings is 1. The van der Waals surface area contributed by atoms with Gasteiger partial charge in [0.2, 0.25) is 0 Å². The summed E-state index contributed by atoms with van der Waals surface area (Å²) >= 11 is 12.6. The van der Waals surface area contributed by atoms with E-state index in [1.165, 1.54) is 0 Å². The van der Waals surface area contributed by atoms with Crippen LogP contribution in [-0.2, 0) is 13.1 Å². The summed E-state index contributed by atoms with van der Waals surface area (Å²) in [7, 11) is 0. The van der Waals surface area contributed by atoms with Crippen molar-refractivity contribution in [2.45, 2.75) is 39.3 Å². The fourth-order valence-corrected chi connectivity index (χ4v) is 4.12. The second kappa shape index (κ2) is 8.78. The third kappa shape index (κ3) is 4.52. The largest absolute Gasteiger partial charge is 0.491 e. The van der Waals surface area contributed by atoms with Crippen molar-refractivity contribution in [1.29, 1.82) is 0 Å². The molecule has 1 aromatic carbocycles. The van der Waals surface area contributed by atoms with Crippen molar-refractivity contribution in [1.82, 2.24) is 4.90 Å². The number of nitrogens with zero attached hydrogens (tertiary/aromatic N) is 1. The minimum absolute atomic E-state index is 0.226. The van der Waals surface area contributed by atoms with E-state index in [1.807, 2.05) is 25.1 Å². The lowest BCUT2D eigenvalue weighted by Crippen LogP contribution is -2.30. The molecule has 1 aliphatic rings. The molecule has 2 unspecified atom stereocenters. The Kier molecular flexibility index (Phi) is 6.11. The molecule has 158 valence electrons. The van der Waals surface area contributed by atoms with Gasteiger partial charge >= 0.3 is 0 Å². The standard InChI is InChI=1S/C23H23Cl2NO4/c1-3-28-22-19(24)10-15(11-20(22)25)23(27)26(12-16-5-4-8-29-16)13-17-6-7-21(30-17)18-9-14(18)2/h4-8,10-11,14,18H,3,9,12-13H2,1-2H3. The van der Waals surface area contributed by atoms with Crippen LogP contribution < -0.4 is 4.74 Å². The van der Waals surface area contributed by atoms with E-state index in [1.54, 1.807) is 29.4 Å². The molecular formula is C23H23Cl2NO4. The van der Waals surface area contributed by atoms with Gasteiger partial charge in [0.05, 0.1) is 36.0 Å². The fourth-order valence-electron chi connectivity index (χ4n) is 3.52. The summed E-state index contributed by atoms with van der Waals surface area (Å²) < 4.78 is 16.9. The molecule has 0 aliphatic heterocycles. The molecule has 1 aliphatic carbocycles. The SMILES string of the molecule is CCOc1c(Cl)cc(C(=O)N(Cc2ccco2)Cc2ccc(C3CC3C)o2)cc1Cl. The van der Waals surface area contributed by atoms with Crippen LogP contribution in [0.4, 0.5) is 0 Å². The zero-order valence-electron chi connectivity index (χ0n) is 16.9. The van der Waals surface area contributed by atoms with Crippen molar-refractivity contribution in [2.75, 3.05) is 6.61 Å². The molecular weight excluding hydrogens is 425 g/mol. The average Bonchev–Trinajstić information content (AvgIpc) is 3.11. The molecule has 0 spiro atoms. The number of hydrogen-bond acceptors (Lipinski definition) is 4. The van der Waals surface area contributed by atoms with Crippen LogP contribution in [0.25, 0.3) is 0 Å². The molecule has 1 amide bonds. The number of hydrogen-bond donors (Lipinski definition) is 0. The zero-order valence-corrected chi connectivity index (χ0v) is 18.4. The summed E-state index contributed by atoms with van der Waals surface area (Å²) in [6, 6.07) is 10.7. The van der Waals surface area contributed by atoms with Crippen molar-refractivity contribution < 1.29 is 18.4 Å². The highest BCUT2D eigenvalue weighted by Gasteiger charge is 2.36. The first-order valence-electron chi connectivity index (χ1n) is 9.98. The molecule has 1 saturated carbocycles. The first kappa shape index (κ1) is 20.9. The number of carbonyl (C=O) groups excluding carboxylic acids is 1. The van der Waals surface area contributed by atoms with Crippen LogP contribution in [0.3, 0.4) is 0 Å². The van der Waals surface area contributed by atoms with E-state index in [0.29, 0.717) is 58.7 Å². The highest BCUT2D eigenvalue weighted by atomic mass is 35.5. The monoisotopic (exact) mass is 447 g/mol. The lowest BCUT2D eigenvalue weighted by atomic mass is 10.1. The smallest absolute Gasteiger partial charge is 0.254 e. The van der Waals surface area contributed by atoms with Gasteiger partial charge in [0.1, 0.15) is 17.3 Å². The molecule has 0 bridgehead atoms. The van der Waals surface area contributed by atoms with Crippen LogP contribution in [-0.4, -0.2) is 17.4 Å². The Morgan fingerprint density at radius 2 is 1.87 bits per heavy atom. The van der Waals surface area contributed by atoms with Gasteiger partial charge in [-0.1, -0.05) is 30.1 Å². The van der Waals surface area contributed by atoms with Crippen LogP contribution in [0.5, 0.6) is 5.75 Å². The topological polar surface area (TPSA) is 55.8 Å². The van der Waals surface area contributed by atoms with Gasteiger partial charge in [0.25, 0.3) is 5.91 Å². The highest BCUT2D eigenvalue weighted by molar-refractivity contribution is 6.37. The van der Waals surface area contributed by atoms with Gasteiger partial charge in [0.15, 0.2) is 5.75 Å². The molecule has 4 rings (SSSR count). The Hall–Kier alpha value is -2.37. The minimum Gasteiger partial charge on any atom is -0.491 e. The molecule has 7 heteroatoms. The van der Waals surface area contributed by atoms with Gasteiger partial charge in [-0.15, -0.1) is 0 Å². The summed E-state index contributed by atoms with van der Waals surface area (Å²) in [6.07, 6.45) is 2.73. The van der Waals surface area contributed by atoms with E-state index in [0.717, 1.165) is 17.9 Å². The van der Waals surface area contributed by atoms with E-state index in [9.17, 15) is 4.79 Å². The molecule has 0 N–H and O–H groups in total. The third-order valence-corrected chi connectivity index (χ3v) is 5.81. The van der Waals surface area contributed by atoms with E-state index in [-0.39, 0.29) is 5.91 Å². The average molecular weight is 448 g/mol. The highest BCUT2D eigenvalue weighted by Crippen LogP contribution is 2.47. The van der Waals surface area contributed by atoms with Gasteiger partial charge in [0, 0.05) is 11.5 Å². The van der Waals surface area contributed by atoms with Crippen molar-refractivity contribution in [3.8, 4) is 5.75 Å². The molecule has 30 heavy (non-hydrogen) atoms. The van der Waals surface area contributed by atoms with Gasteiger partial charge in [-0.05, 0) is 55.7 Å². The van der Waals surface area contributed by atoms with Crippen molar-refractivity contribution in [3.63, 3.8) is 0 Å². The summed E-state index contributed by atoms with van der Waals surface area (Å²) in [5.74, 6) is 3.67. The predicted molar refractivity (Wildman–Crippen MR) is 115 cm³/mol. The quantitative estimate of drug-likeness (QED) is 0.393. The molecule has 1 fully saturated rings. The summed E-state index contributed by atoms with van der Waals surface area (Å²) in [4.78, 5) is 15.0. The third-order valence-electron chi connectivity index (χ3n) is 5.25. The predicted octanol–water partition coefficient (Wildman–Crippen LogP) is 6.54. The Balaban J connectivity index is 1.59. The summed E-state index contributed by atoms with van der Waals surface area (Å²) in [5.41, 5.74) is 0.377. The lowest BCUT2D eigenvalue weighted by Gasteiger charge is -2.21. The van der Waals surface area contributed by atoms with E-state index < -0.39 is 0 Å². The van der Waals surface area contributed by atoms with Crippen LogP contribution in [0.2, 0.25) is 10.0 Å². The maximum atomic E-state index is 13.3. The van der Waals surface area contributed by atoms with Crippen LogP contribution in [0.1, 0.15) is 53.8 Å². The van der Waals surface area contributed by atoms with Crippen molar-refractivity contribution in [3.05, 3.63) is 75.6 Å². The maximum absolute atomic E-state index is 13.3. The van der Waals surface area contributed by atoms with Crippen LogP contribution >= 0.6 is 23.2 Å². The number of rotatable bonds is 8. The van der Waals surface area contributed by atoms with Crippen LogP contribution in [0.15, 0.2) is 51.5 Å². The minimum atomic E-state index is -0.226. The first-order chi connectivity index (χ1) is 14.5. The second-order valence-corrected chi connectivity index (χ2v) is 8.38. The molecule has 3 aromatic rings. The van der Waals surface area contributed by atoms with Gasteiger partial charge in [-0.25, -0.2) is 0 Å². The van der Waals surface area contributed by atoms with Gasteiger partial charge in [-0.3, -0.25) is 4.79 Å². The van der Waals surface area contributed by atoms with E-state index in [2.05, 4.69) is 6.92 Å². The maximum Gasteiger partial charge on any atom is 0.254 e. The Labute approximate surface area is 185 Å². The van der Waals surface area contributed by atoms with Crippen molar-refractivity contribution >= 4 is 29.1 Å². The molecule has 0 saturated heterocycles. The lowest BCUT2D eigenvalue weighted by molar-refractivity contribution is 0.0704. The molecule has 2 atom stereocenters. The number of amides is 1. The number of halogens is 2. The van der Waals surface area contributed by atoms with Gasteiger partial charge < -0.3 is 18.5 Å². The second-order valence-electron chi connectivity index (χ2n) is 7.57.